The molecule has 0 aliphatic heterocycles. The van der Waals surface area contributed by atoms with Gasteiger partial charge in [0, 0.05) is 5.56 Å². The third-order valence-corrected chi connectivity index (χ3v) is 7.37. The Kier molecular flexibility index (Phi) is 5.15. The number of fused-ring (bicyclic) bond motifs is 3. The predicted octanol–water partition coefficient (Wildman–Crippen LogP) is 3.54. The van der Waals surface area contributed by atoms with Crippen LogP contribution < -0.4 is 19.0 Å². The minimum absolute atomic E-state index is 0.0101. The van der Waals surface area contributed by atoms with Crippen LogP contribution in [0.5, 0.6) is 11.5 Å². The van der Waals surface area contributed by atoms with E-state index in [9.17, 15) is 13.2 Å². The van der Waals surface area contributed by atoms with Gasteiger partial charge in [-0.2, -0.15) is 8.42 Å². The highest BCUT2D eigenvalue weighted by molar-refractivity contribution is 7.87. The molecule has 3 aromatic carbocycles. The van der Waals surface area contributed by atoms with Crippen molar-refractivity contribution in [2.24, 2.45) is 0 Å². The van der Waals surface area contributed by atoms with Gasteiger partial charge in [-0.05, 0) is 43.3 Å². The van der Waals surface area contributed by atoms with Crippen molar-refractivity contribution in [2.75, 3.05) is 7.11 Å². The molecular weight excluding hydrogens is 460 g/mol. The number of methoxy groups -OCH3 is 1. The van der Waals surface area contributed by atoms with E-state index in [-0.39, 0.29) is 22.0 Å². The Morgan fingerprint density at radius 1 is 1.00 bits per heavy atom. The summed E-state index contributed by atoms with van der Waals surface area (Å²) in [6, 6.07) is 18.7. The zero-order valence-corrected chi connectivity index (χ0v) is 19.3. The standard InChI is InChI=1S/C24H18N2O5S2/c1-15-10-12-17(13-11-15)33(28,29)31-22-16(6-5-9-20(22)30-2)14-21-23(27)26-19-8-4-3-7-18(19)25-24(26)32-21/h3-14H,1-2H3. The van der Waals surface area contributed by atoms with Crippen molar-refractivity contribution in [2.45, 2.75) is 11.8 Å². The second-order valence-electron chi connectivity index (χ2n) is 7.36. The highest BCUT2D eigenvalue weighted by Crippen LogP contribution is 2.34. The van der Waals surface area contributed by atoms with E-state index >= 15 is 0 Å². The van der Waals surface area contributed by atoms with Crippen LogP contribution in [0, 0.1) is 6.92 Å². The van der Waals surface area contributed by atoms with Crippen LogP contribution in [0.1, 0.15) is 11.1 Å². The van der Waals surface area contributed by atoms with Gasteiger partial charge in [-0.1, -0.05) is 53.3 Å². The van der Waals surface area contributed by atoms with E-state index < -0.39 is 10.1 Å². The third-order valence-electron chi connectivity index (χ3n) is 5.16. The topological polar surface area (TPSA) is 87.0 Å². The molecule has 2 heterocycles. The quantitative estimate of drug-likeness (QED) is 0.359. The number of thiazole rings is 1. The van der Waals surface area contributed by atoms with E-state index in [0.29, 0.717) is 15.1 Å². The maximum Gasteiger partial charge on any atom is 0.339 e. The first kappa shape index (κ1) is 21.2. The number of imidazole rings is 1. The molecule has 33 heavy (non-hydrogen) atoms. The van der Waals surface area contributed by atoms with Gasteiger partial charge >= 0.3 is 10.1 Å². The van der Waals surface area contributed by atoms with Gasteiger partial charge in [0.1, 0.15) is 4.90 Å². The van der Waals surface area contributed by atoms with Crippen LogP contribution in [0.25, 0.3) is 22.1 Å². The molecular formula is C24H18N2O5S2. The van der Waals surface area contributed by atoms with Crippen LogP contribution in [0.4, 0.5) is 0 Å². The summed E-state index contributed by atoms with van der Waals surface area (Å²) >= 11 is 1.22. The van der Waals surface area contributed by atoms with E-state index in [4.69, 9.17) is 8.92 Å². The molecule has 0 bridgehead atoms. The Hall–Kier alpha value is -3.69. The van der Waals surface area contributed by atoms with Gasteiger partial charge in [0.2, 0.25) is 0 Å². The third kappa shape index (κ3) is 3.75. The van der Waals surface area contributed by atoms with Gasteiger partial charge in [0.15, 0.2) is 16.5 Å². The van der Waals surface area contributed by atoms with E-state index in [1.807, 2.05) is 31.2 Å². The lowest BCUT2D eigenvalue weighted by molar-refractivity contribution is 0.390. The summed E-state index contributed by atoms with van der Waals surface area (Å²) in [5.41, 5.74) is 2.55. The number of benzene rings is 3. The number of aromatic nitrogens is 2. The van der Waals surface area contributed by atoms with Crippen molar-refractivity contribution in [3.8, 4) is 11.5 Å². The molecule has 0 saturated carbocycles. The van der Waals surface area contributed by atoms with E-state index in [1.54, 1.807) is 40.8 Å². The minimum Gasteiger partial charge on any atom is -0.493 e. The largest absolute Gasteiger partial charge is 0.493 e. The molecule has 0 aliphatic carbocycles. The van der Waals surface area contributed by atoms with E-state index in [2.05, 4.69) is 4.98 Å². The van der Waals surface area contributed by atoms with Crippen molar-refractivity contribution in [1.82, 2.24) is 9.38 Å². The first-order valence-corrected chi connectivity index (χ1v) is 12.2. The van der Waals surface area contributed by atoms with Gasteiger partial charge in [-0.3, -0.25) is 4.79 Å². The Balaban J connectivity index is 1.66. The van der Waals surface area contributed by atoms with Crippen LogP contribution in [-0.4, -0.2) is 24.9 Å². The second kappa shape index (κ2) is 8.02. The van der Waals surface area contributed by atoms with Crippen LogP contribution in [-0.2, 0) is 10.1 Å². The van der Waals surface area contributed by atoms with Gasteiger partial charge in [0.05, 0.1) is 22.7 Å². The number of hydrogen-bond acceptors (Lipinski definition) is 7. The lowest BCUT2D eigenvalue weighted by Crippen LogP contribution is -2.22. The molecule has 7 nitrogen and oxygen atoms in total. The van der Waals surface area contributed by atoms with Crippen molar-refractivity contribution in [3.05, 3.63) is 92.7 Å². The SMILES string of the molecule is COc1cccc(C=c2sc3nc4ccccc4n3c2=O)c1OS(=O)(=O)c1ccc(C)cc1. The molecule has 5 aromatic rings. The molecule has 0 fully saturated rings. The lowest BCUT2D eigenvalue weighted by Gasteiger charge is -2.13. The Labute approximate surface area is 193 Å². The molecule has 9 heteroatoms. The number of rotatable bonds is 5. The summed E-state index contributed by atoms with van der Waals surface area (Å²) in [7, 11) is -2.70. The van der Waals surface area contributed by atoms with Gasteiger partial charge in [-0.15, -0.1) is 0 Å². The van der Waals surface area contributed by atoms with Crippen LogP contribution in [0.15, 0.2) is 76.4 Å². The fourth-order valence-corrected chi connectivity index (χ4v) is 5.45. The van der Waals surface area contributed by atoms with E-state index in [1.165, 1.54) is 30.6 Å². The Morgan fingerprint density at radius 2 is 1.76 bits per heavy atom. The smallest absolute Gasteiger partial charge is 0.339 e. The van der Waals surface area contributed by atoms with Gasteiger partial charge < -0.3 is 8.92 Å². The molecule has 5 rings (SSSR count). The first-order valence-electron chi connectivity index (χ1n) is 9.97. The monoisotopic (exact) mass is 478 g/mol. The number of ether oxygens (including phenoxy) is 1. The summed E-state index contributed by atoms with van der Waals surface area (Å²) in [5.74, 6) is 0.245. The molecule has 0 unspecified atom stereocenters. The van der Waals surface area contributed by atoms with Gasteiger partial charge in [0.25, 0.3) is 5.56 Å². The van der Waals surface area contributed by atoms with Crippen molar-refractivity contribution in [1.29, 1.82) is 0 Å². The van der Waals surface area contributed by atoms with E-state index in [0.717, 1.165) is 16.6 Å². The van der Waals surface area contributed by atoms with Crippen molar-refractivity contribution < 1.29 is 17.3 Å². The van der Waals surface area contributed by atoms with Crippen molar-refractivity contribution in [3.63, 3.8) is 0 Å². The summed E-state index contributed by atoms with van der Waals surface area (Å²) in [6.45, 7) is 1.87. The summed E-state index contributed by atoms with van der Waals surface area (Å²) in [5, 5.41) is 0. The molecule has 0 radical (unpaired) electrons. The molecule has 0 atom stereocenters. The maximum absolute atomic E-state index is 13.1. The summed E-state index contributed by atoms with van der Waals surface area (Å²) in [4.78, 5) is 18.2. The first-order chi connectivity index (χ1) is 15.9. The van der Waals surface area contributed by atoms with Crippen LogP contribution in [0.3, 0.4) is 0 Å². The average Bonchev–Trinajstić information content (AvgIpc) is 3.31. The predicted molar refractivity (Wildman–Crippen MR) is 128 cm³/mol. The zero-order chi connectivity index (χ0) is 23.2. The molecule has 0 spiro atoms. The number of nitrogens with zero attached hydrogens (tertiary/aromatic N) is 2. The molecule has 0 N–H and O–H groups in total. The second-order valence-corrected chi connectivity index (χ2v) is 9.92. The fourth-order valence-electron chi connectivity index (χ4n) is 3.51. The summed E-state index contributed by atoms with van der Waals surface area (Å²) in [6.07, 6.45) is 1.60. The minimum atomic E-state index is -4.12. The zero-order valence-electron chi connectivity index (χ0n) is 17.7. The highest BCUT2D eigenvalue weighted by atomic mass is 32.2. The molecule has 0 amide bonds. The molecule has 2 aromatic heterocycles. The average molecular weight is 479 g/mol. The fraction of sp³-hybridized carbons (Fsp3) is 0.0833. The molecule has 0 aliphatic rings. The lowest BCUT2D eigenvalue weighted by atomic mass is 10.2. The summed E-state index contributed by atoms with van der Waals surface area (Å²) < 4.78 is 38.7. The number of aryl methyl sites for hydroxylation is 1. The van der Waals surface area contributed by atoms with Crippen molar-refractivity contribution >= 4 is 43.5 Å². The highest BCUT2D eigenvalue weighted by Gasteiger charge is 2.21. The van der Waals surface area contributed by atoms with Crippen LogP contribution >= 0.6 is 11.3 Å². The molecule has 0 saturated heterocycles. The Morgan fingerprint density at radius 3 is 2.52 bits per heavy atom. The normalized spacial score (nSPS) is 12.5. The van der Waals surface area contributed by atoms with Gasteiger partial charge in [-0.25, -0.2) is 9.38 Å². The van der Waals surface area contributed by atoms with Crippen LogP contribution in [0.2, 0.25) is 0 Å². The Bertz CT molecular complexity index is 1720. The molecule has 166 valence electrons. The maximum atomic E-state index is 13.1. The number of para-hydroxylation sites is 3. The number of hydrogen-bond donors (Lipinski definition) is 0.